The van der Waals surface area contributed by atoms with Crippen molar-refractivity contribution in [3.05, 3.63) is 77.9 Å². The highest BCUT2D eigenvalue weighted by molar-refractivity contribution is 5.77. The number of rotatable bonds is 1. The minimum atomic E-state index is -0.923. The predicted octanol–water partition coefficient (Wildman–Crippen LogP) is 3.58. The van der Waals surface area contributed by atoms with Crippen LogP contribution in [-0.4, -0.2) is 17.6 Å². The van der Waals surface area contributed by atoms with E-state index in [0.29, 0.717) is 11.3 Å². The Morgan fingerprint density at radius 1 is 1.04 bits per heavy atom. The summed E-state index contributed by atoms with van der Waals surface area (Å²) in [5.74, 6) is 0.262. The van der Waals surface area contributed by atoms with Gasteiger partial charge in [-0.05, 0) is 29.8 Å². The molecule has 0 aliphatic carbocycles. The number of hydrogen-bond donors (Lipinski definition) is 1. The third kappa shape index (κ3) is 2.02. The van der Waals surface area contributed by atoms with E-state index in [2.05, 4.69) is 9.98 Å². The molecule has 1 aromatic heterocycles. The van der Waals surface area contributed by atoms with Crippen molar-refractivity contribution in [2.75, 3.05) is 6.61 Å². The molecule has 2 aliphatic heterocycles. The fraction of sp³-hybridized carbons (Fsp3) is 0.100. The molecule has 3 aromatic rings. The maximum absolute atomic E-state index is 14.4. The van der Waals surface area contributed by atoms with E-state index in [-0.39, 0.29) is 18.4 Å². The Morgan fingerprint density at radius 2 is 1.96 bits per heavy atom. The molecular formula is C20H14FN3O2. The first-order valence-corrected chi connectivity index (χ1v) is 8.17. The fourth-order valence-electron chi connectivity index (χ4n) is 3.56. The lowest BCUT2D eigenvalue weighted by molar-refractivity contribution is 0.262. The van der Waals surface area contributed by atoms with Crippen molar-refractivity contribution in [2.24, 2.45) is 10.7 Å². The van der Waals surface area contributed by atoms with Gasteiger partial charge in [0.15, 0.2) is 17.1 Å². The van der Waals surface area contributed by atoms with Crippen LogP contribution in [0, 0.1) is 5.82 Å². The minimum Gasteiger partial charge on any atom is -0.462 e. The molecule has 0 bridgehead atoms. The summed E-state index contributed by atoms with van der Waals surface area (Å²) in [6.07, 6.45) is 3.51. The van der Waals surface area contributed by atoms with Gasteiger partial charge in [0.25, 0.3) is 6.02 Å². The van der Waals surface area contributed by atoms with Crippen LogP contribution in [0.2, 0.25) is 0 Å². The zero-order valence-corrected chi connectivity index (χ0v) is 13.6. The van der Waals surface area contributed by atoms with E-state index in [9.17, 15) is 4.39 Å². The number of halogens is 1. The largest absolute Gasteiger partial charge is 0.462 e. The van der Waals surface area contributed by atoms with Crippen LogP contribution in [0.1, 0.15) is 11.1 Å². The number of pyridine rings is 1. The molecule has 0 amide bonds. The number of fused-ring (bicyclic) bond motifs is 4. The van der Waals surface area contributed by atoms with Gasteiger partial charge in [-0.2, -0.15) is 0 Å². The maximum atomic E-state index is 14.4. The van der Waals surface area contributed by atoms with E-state index in [1.165, 1.54) is 6.07 Å². The van der Waals surface area contributed by atoms with Crippen LogP contribution in [-0.2, 0) is 10.3 Å². The van der Waals surface area contributed by atoms with Crippen LogP contribution in [0.15, 0.2) is 65.9 Å². The van der Waals surface area contributed by atoms with E-state index in [0.717, 1.165) is 16.7 Å². The lowest BCUT2D eigenvalue weighted by Gasteiger charge is -2.33. The highest BCUT2D eigenvalue weighted by Crippen LogP contribution is 2.52. The molecule has 0 unspecified atom stereocenters. The van der Waals surface area contributed by atoms with E-state index < -0.39 is 11.4 Å². The second-order valence-corrected chi connectivity index (χ2v) is 6.27. The van der Waals surface area contributed by atoms with Crippen molar-refractivity contribution >= 4 is 6.02 Å². The summed E-state index contributed by atoms with van der Waals surface area (Å²) in [6.45, 7) is 0.197. The zero-order chi connectivity index (χ0) is 17.7. The lowest BCUT2D eigenvalue weighted by atomic mass is 9.80. The standard InChI is InChI=1S/C20H14FN3O2/c21-16-5-1-4-14-18(16)26-17-7-6-12(13-3-2-8-23-10-13)9-15(17)20(14)11-25-19(22)24-20/h1-10H,11H2,(H2,22,24)/t20-/m1/s1. The number of nitrogens with zero attached hydrogens (tertiary/aromatic N) is 2. The Bertz CT molecular complexity index is 1050. The number of hydrogen-bond acceptors (Lipinski definition) is 5. The Morgan fingerprint density at radius 3 is 2.73 bits per heavy atom. The third-order valence-corrected chi connectivity index (χ3v) is 4.77. The summed E-state index contributed by atoms with van der Waals surface area (Å²) in [5, 5.41) is 0. The molecule has 0 radical (unpaired) electrons. The van der Waals surface area contributed by atoms with Gasteiger partial charge in [0.2, 0.25) is 0 Å². The maximum Gasteiger partial charge on any atom is 0.283 e. The second-order valence-electron chi connectivity index (χ2n) is 6.27. The van der Waals surface area contributed by atoms with Crippen LogP contribution in [0.4, 0.5) is 4.39 Å². The van der Waals surface area contributed by atoms with Gasteiger partial charge in [0.1, 0.15) is 12.4 Å². The van der Waals surface area contributed by atoms with Crippen molar-refractivity contribution in [3.63, 3.8) is 0 Å². The SMILES string of the molecule is NC1=N[C@@]2(CO1)c1cc(-c3cccnc3)ccc1Oc1c(F)cccc12. The molecule has 5 nitrogen and oxygen atoms in total. The van der Waals surface area contributed by atoms with E-state index in [4.69, 9.17) is 15.2 Å². The van der Waals surface area contributed by atoms with Crippen LogP contribution in [0.5, 0.6) is 11.5 Å². The summed E-state index contributed by atoms with van der Waals surface area (Å²) < 4.78 is 25.7. The Hall–Kier alpha value is -3.41. The molecule has 0 saturated carbocycles. The summed E-state index contributed by atoms with van der Waals surface area (Å²) in [7, 11) is 0. The summed E-state index contributed by atoms with van der Waals surface area (Å²) >= 11 is 0. The van der Waals surface area contributed by atoms with Gasteiger partial charge in [-0.15, -0.1) is 0 Å². The molecule has 6 heteroatoms. The molecule has 1 atom stereocenters. The number of nitrogens with two attached hydrogens (primary N) is 1. The Balaban J connectivity index is 1.77. The van der Waals surface area contributed by atoms with Crippen molar-refractivity contribution in [2.45, 2.75) is 5.54 Å². The molecule has 0 saturated heterocycles. The number of benzene rings is 2. The summed E-state index contributed by atoms with van der Waals surface area (Å²) in [4.78, 5) is 8.72. The smallest absolute Gasteiger partial charge is 0.283 e. The fourth-order valence-corrected chi connectivity index (χ4v) is 3.56. The lowest BCUT2D eigenvalue weighted by Crippen LogP contribution is -2.31. The molecule has 2 aromatic carbocycles. The highest BCUT2D eigenvalue weighted by atomic mass is 19.1. The van der Waals surface area contributed by atoms with Gasteiger partial charge in [0.05, 0.1) is 0 Å². The first kappa shape index (κ1) is 14.9. The molecule has 2 aliphatic rings. The van der Waals surface area contributed by atoms with E-state index in [1.807, 2.05) is 30.3 Å². The third-order valence-electron chi connectivity index (χ3n) is 4.77. The molecule has 128 valence electrons. The Labute approximate surface area is 148 Å². The molecule has 2 N–H and O–H groups in total. The normalized spacial score (nSPS) is 20.0. The predicted molar refractivity (Wildman–Crippen MR) is 94.5 cm³/mol. The molecule has 0 fully saturated rings. The average molecular weight is 347 g/mol. The van der Waals surface area contributed by atoms with Crippen molar-refractivity contribution in [3.8, 4) is 22.6 Å². The zero-order valence-electron chi connectivity index (χ0n) is 13.6. The number of aliphatic imine (C=N–C) groups is 1. The second kappa shape index (κ2) is 5.29. The van der Waals surface area contributed by atoms with E-state index >= 15 is 0 Å². The van der Waals surface area contributed by atoms with Gasteiger partial charge in [-0.3, -0.25) is 4.98 Å². The topological polar surface area (TPSA) is 69.7 Å². The number of para-hydroxylation sites is 1. The van der Waals surface area contributed by atoms with Gasteiger partial charge < -0.3 is 15.2 Å². The molecule has 3 heterocycles. The first-order chi connectivity index (χ1) is 12.7. The quantitative estimate of drug-likeness (QED) is 0.730. The van der Waals surface area contributed by atoms with Crippen LogP contribution >= 0.6 is 0 Å². The highest BCUT2D eigenvalue weighted by Gasteiger charge is 2.47. The molecular weight excluding hydrogens is 333 g/mol. The van der Waals surface area contributed by atoms with Crippen molar-refractivity contribution in [1.29, 1.82) is 0 Å². The van der Waals surface area contributed by atoms with Gasteiger partial charge in [-0.1, -0.05) is 24.3 Å². The van der Waals surface area contributed by atoms with Crippen LogP contribution in [0.25, 0.3) is 11.1 Å². The van der Waals surface area contributed by atoms with Gasteiger partial charge in [-0.25, -0.2) is 9.38 Å². The monoisotopic (exact) mass is 347 g/mol. The number of aromatic nitrogens is 1. The van der Waals surface area contributed by atoms with Gasteiger partial charge >= 0.3 is 0 Å². The van der Waals surface area contributed by atoms with Crippen molar-refractivity contribution < 1.29 is 13.9 Å². The minimum absolute atomic E-state index is 0.0832. The molecule has 1 spiro atoms. The van der Waals surface area contributed by atoms with Crippen LogP contribution in [0.3, 0.4) is 0 Å². The molecule has 26 heavy (non-hydrogen) atoms. The van der Waals surface area contributed by atoms with Gasteiger partial charge in [0, 0.05) is 29.1 Å². The van der Waals surface area contributed by atoms with Crippen LogP contribution < -0.4 is 10.5 Å². The van der Waals surface area contributed by atoms with E-state index in [1.54, 1.807) is 24.5 Å². The molecule has 5 rings (SSSR count). The summed E-state index contributed by atoms with van der Waals surface area (Å²) in [5.41, 5.74) is 8.22. The number of amidine groups is 1. The van der Waals surface area contributed by atoms with Crippen molar-refractivity contribution in [1.82, 2.24) is 4.98 Å². The number of ether oxygens (including phenoxy) is 2. The average Bonchev–Trinajstić information content (AvgIpc) is 3.06. The Kier molecular flexibility index (Phi) is 3.03. The first-order valence-electron chi connectivity index (χ1n) is 8.17. The summed E-state index contributed by atoms with van der Waals surface area (Å²) in [6, 6.07) is 14.4.